The Hall–Kier alpha value is -1.57. The Balaban J connectivity index is 2.67. The van der Waals surface area contributed by atoms with Crippen LogP contribution in [0.15, 0.2) is 6.07 Å². The number of carbonyl (C=O) groups is 1. The Bertz CT molecular complexity index is 374. The summed E-state index contributed by atoms with van der Waals surface area (Å²) in [5, 5.41) is 44.9. The third-order valence-electron chi connectivity index (χ3n) is 2.11. The topological polar surface area (TPSA) is 134 Å². The SMILES string of the molecule is O=C(Cc1cc(O)[nH]c1O)C(O)C(O)CO. The van der Waals surface area contributed by atoms with Gasteiger partial charge in [-0.1, -0.05) is 0 Å². The van der Waals surface area contributed by atoms with E-state index in [1.807, 2.05) is 0 Å². The van der Waals surface area contributed by atoms with E-state index in [0.29, 0.717) is 0 Å². The molecule has 0 spiro atoms. The van der Waals surface area contributed by atoms with Crippen LogP contribution in [0, 0.1) is 0 Å². The van der Waals surface area contributed by atoms with Gasteiger partial charge in [0.05, 0.1) is 6.61 Å². The zero-order valence-corrected chi connectivity index (χ0v) is 8.29. The summed E-state index contributed by atoms with van der Waals surface area (Å²) in [4.78, 5) is 13.5. The summed E-state index contributed by atoms with van der Waals surface area (Å²) in [6.45, 7) is -0.739. The van der Waals surface area contributed by atoms with Gasteiger partial charge in [-0.15, -0.1) is 0 Å². The highest BCUT2D eigenvalue weighted by Crippen LogP contribution is 2.22. The summed E-state index contributed by atoms with van der Waals surface area (Å²) in [6.07, 6.45) is -3.63. The highest BCUT2D eigenvalue weighted by molar-refractivity contribution is 5.86. The van der Waals surface area contributed by atoms with E-state index in [-0.39, 0.29) is 23.7 Å². The maximum Gasteiger partial charge on any atom is 0.194 e. The first-order chi connectivity index (χ1) is 7.45. The molecule has 6 N–H and O–H groups in total. The van der Waals surface area contributed by atoms with Gasteiger partial charge in [-0.05, 0) is 0 Å². The molecule has 2 unspecified atom stereocenters. The smallest absolute Gasteiger partial charge is 0.194 e. The van der Waals surface area contributed by atoms with E-state index in [2.05, 4.69) is 4.98 Å². The number of H-pyrrole nitrogens is 1. The molecular weight excluding hydrogens is 218 g/mol. The molecular formula is C9H13NO6. The van der Waals surface area contributed by atoms with Crippen LogP contribution >= 0.6 is 0 Å². The number of carbonyl (C=O) groups excluding carboxylic acids is 1. The average Bonchev–Trinajstić information content (AvgIpc) is 2.55. The number of aliphatic hydroxyl groups excluding tert-OH is 3. The van der Waals surface area contributed by atoms with E-state index < -0.39 is 24.6 Å². The van der Waals surface area contributed by atoms with Crippen LogP contribution in [0.5, 0.6) is 11.8 Å². The van der Waals surface area contributed by atoms with Crippen molar-refractivity contribution >= 4 is 5.78 Å². The lowest BCUT2D eigenvalue weighted by Crippen LogP contribution is -2.37. The second-order valence-corrected chi connectivity index (χ2v) is 3.37. The van der Waals surface area contributed by atoms with E-state index in [1.165, 1.54) is 0 Å². The number of hydrogen-bond acceptors (Lipinski definition) is 6. The third kappa shape index (κ3) is 2.72. The average molecular weight is 231 g/mol. The molecule has 0 aromatic carbocycles. The lowest BCUT2D eigenvalue weighted by atomic mass is 10.0. The molecule has 0 fully saturated rings. The monoisotopic (exact) mass is 231 g/mol. The number of rotatable bonds is 5. The van der Waals surface area contributed by atoms with Gasteiger partial charge >= 0.3 is 0 Å². The van der Waals surface area contributed by atoms with Gasteiger partial charge in [-0.25, -0.2) is 0 Å². The van der Waals surface area contributed by atoms with E-state index in [0.717, 1.165) is 6.07 Å². The van der Waals surface area contributed by atoms with Crippen molar-refractivity contribution in [3.8, 4) is 11.8 Å². The fourth-order valence-corrected chi connectivity index (χ4v) is 1.21. The van der Waals surface area contributed by atoms with Crippen LogP contribution in [-0.2, 0) is 11.2 Å². The molecule has 1 aromatic heterocycles. The fourth-order valence-electron chi connectivity index (χ4n) is 1.21. The van der Waals surface area contributed by atoms with Gasteiger partial charge < -0.3 is 25.5 Å². The van der Waals surface area contributed by atoms with Crippen molar-refractivity contribution in [2.75, 3.05) is 6.61 Å². The van der Waals surface area contributed by atoms with Crippen molar-refractivity contribution in [1.82, 2.24) is 4.98 Å². The first-order valence-electron chi connectivity index (χ1n) is 4.55. The number of hydrogen-bond donors (Lipinski definition) is 6. The molecule has 1 rings (SSSR count). The maximum atomic E-state index is 11.3. The number of aliphatic hydroxyl groups is 3. The normalized spacial score (nSPS) is 14.7. The van der Waals surface area contributed by atoms with Gasteiger partial charge in [-0.2, -0.15) is 0 Å². The summed E-state index contributed by atoms with van der Waals surface area (Å²) >= 11 is 0. The number of aromatic nitrogens is 1. The first-order valence-corrected chi connectivity index (χ1v) is 4.55. The van der Waals surface area contributed by atoms with E-state index in [4.69, 9.17) is 15.3 Å². The molecule has 0 aliphatic carbocycles. The minimum atomic E-state index is -1.72. The minimum absolute atomic E-state index is 0.103. The zero-order chi connectivity index (χ0) is 12.3. The zero-order valence-electron chi connectivity index (χ0n) is 8.29. The van der Waals surface area contributed by atoms with Crippen molar-refractivity contribution in [3.63, 3.8) is 0 Å². The van der Waals surface area contributed by atoms with Crippen LogP contribution < -0.4 is 0 Å². The molecule has 7 nitrogen and oxygen atoms in total. The first kappa shape index (κ1) is 12.5. The largest absolute Gasteiger partial charge is 0.495 e. The number of aromatic hydroxyl groups is 2. The van der Waals surface area contributed by atoms with Gasteiger partial charge in [0.25, 0.3) is 0 Å². The second kappa shape index (κ2) is 4.97. The van der Waals surface area contributed by atoms with Crippen molar-refractivity contribution in [3.05, 3.63) is 11.6 Å². The minimum Gasteiger partial charge on any atom is -0.495 e. The lowest BCUT2D eigenvalue weighted by Gasteiger charge is -2.13. The molecule has 1 aromatic rings. The van der Waals surface area contributed by atoms with Gasteiger partial charge in [0, 0.05) is 18.1 Å². The molecule has 0 amide bonds. The lowest BCUT2D eigenvalue weighted by molar-refractivity contribution is -0.133. The maximum absolute atomic E-state index is 11.3. The summed E-state index contributed by atoms with van der Waals surface area (Å²) < 4.78 is 0. The highest BCUT2D eigenvalue weighted by atomic mass is 16.4. The van der Waals surface area contributed by atoms with Crippen LogP contribution in [-0.4, -0.2) is 55.1 Å². The van der Waals surface area contributed by atoms with Crippen molar-refractivity contribution in [2.24, 2.45) is 0 Å². The van der Waals surface area contributed by atoms with Crippen LogP contribution in [0.4, 0.5) is 0 Å². The molecule has 1 heterocycles. The van der Waals surface area contributed by atoms with Crippen LogP contribution in [0.3, 0.4) is 0 Å². The predicted octanol–water partition coefficient (Wildman–Crippen LogP) is -1.75. The molecule has 7 heteroatoms. The van der Waals surface area contributed by atoms with E-state index in [9.17, 15) is 15.0 Å². The van der Waals surface area contributed by atoms with Gasteiger partial charge in [0.15, 0.2) is 17.5 Å². The molecule has 2 atom stereocenters. The van der Waals surface area contributed by atoms with Gasteiger partial charge in [0.2, 0.25) is 0 Å². The number of Topliss-reactive ketones (excluding diaryl/α,β-unsaturated/α-hetero) is 1. The van der Waals surface area contributed by atoms with Crippen molar-refractivity contribution in [1.29, 1.82) is 0 Å². The molecule has 0 saturated carbocycles. The Morgan fingerprint density at radius 2 is 2.00 bits per heavy atom. The van der Waals surface area contributed by atoms with E-state index in [1.54, 1.807) is 0 Å². The summed E-state index contributed by atoms with van der Waals surface area (Å²) in [5.41, 5.74) is 0.103. The van der Waals surface area contributed by atoms with E-state index >= 15 is 0 Å². The van der Waals surface area contributed by atoms with Crippen LogP contribution in [0.25, 0.3) is 0 Å². The van der Waals surface area contributed by atoms with Gasteiger partial charge in [-0.3, -0.25) is 9.78 Å². The van der Waals surface area contributed by atoms with Gasteiger partial charge in [0.1, 0.15) is 12.2 Å². The predicted molar refractivity (Wildman–Crippen MR) is 51.9 cm³/mol. The van der Waals surface area contributed by atoms with Crippen molar-refractivity contribution < 1.29 is 30.3 Å². The summed E-state index contributed by atoms with van der Waals surface area (Å²) in [6, 6.07) is 1.13. The summed E-state index contributed by atoms with van der Waals surface area (Å²) in [5.74, 6) is -1.45. The molecule has 0 aliphatic rings. The quantitative estimate of drug-likeness (QED) is 0.356. The molecule has 0 radical (unpaired) electrons. The van der Waals surface area contributed by atoms with Crippen LogP contribution in [0.1, 0.15) is 5.56 Å². The molecule has 0 aliphatic heterocycles. The Labute approximate surface area is 90.6 Å². The molecule has 16 heavy (non-hydrogen) atoms. The second-order valence-electron chi connectivity index (χ2n) is 3.37. The Morgan fingerprint density at radius 1 is 1.38 bits per heavy atom. The summed E-state index contributed by atoms with van der Waals surface area (Å²) in [7, 11) is 0. The third-order valence-corrected chi connectivity index (χ3v) is 2.11. The standard InChI is InChI=1S/C9H13NO6/c11-3-6(13)8(15)5(12)1-4-2-7(14)10-9(4)16/h2,6,8,10-11,13-16H,1,3H2. The van der Waals surface area contributed by atoms with Crippen molar-refractivity contribution in [2.45, 2.75) is 18.6 Å². The number of ketones is 1. The Morgan fingerprint density at radius 3 is 2.44 bits per heavy atom. The van der Waals surface area contributed by atoms with Crippen LogP contribution in [0.2, 0.25) is 0 Å². The fraction of sp³-hybridized carbons (Fsp3) is 0.444. The Kier molecular flexibility index (Phi) is 3.88. The highest BCUT2D eigenvalue weighted by Gasteiger charge is 2.24. The molecule has 0 bridgehead atoms. The number of nitrogens with one attached hydrogen (secondary N) is 1. The molecule has 90 valence electrons. The number of aromatic amines is 1. The molecule has 0 saturated heterocycles.